The van der Waals surface area contributed by atoms with Crippen LogP contribution in [0.4, 0.5) is 15.3 Å². The van der Waals surface area contributed by atoms with Crippen LogP contribution in [-0.4, -0.2) is 83.3 Å². The van der Waals surface area contributed by atoms with Crippen molar-refractivity contribution >= 4 is 29.7 Å². The fraction of sp³-hybridized carbons (Fsp3) is 0.615. The van der Waals surface area contributed by atoms with Gasteiger partial charge in [-0.05, 0) is 44.7 Å². The third-order valence-electron chi connectivity index (χ3n) is 6.44. The number of amides is 4. The molecule has 11 heteroatoms. The van der Waals surface area contributed by atoms with E-state index in [-0.39, 0.29) is 30.9 Å². The minimum absolute atomic E-state index is 0.0842. The first-order valence-electron chi connectivity index (χ1n) is 12.5. The third-order valence-corrected chi connectivity index (χ3v) is 6.44. The van der Waals surface area contributed by atoms with E-state index in [1.807, 2.05) is 26.8 Å². The van der Waals surface area contributed by atoms with Crippen molar-refractivity contribution in [1.82, 2.24) is 15.1 Å². The maximum Gasteiger partial charge on any atom is 0.412 e. The van der Waals surface area contributed by atoms with E-state index in [9.17, 15) is 19.2 Å². The zero-order valence-electron chi connectivity index (χ0n) is 22.4. The fourth-order valence-electron chi connectivity index (χ4n) is 4.59. The van der Waals surface area contributed by atoms with E-state index >= 15 is 0 Å². The molecule has 4 N–H and O–H groups in total. The second-order valence-electron chi connectivity index (χ2n) is 11.6. The summed E-state index contributed by atoms with van der Waals surface area (Å²) in [6.45, 7) is 11.0. The van der Waals surface area contributed by atoms with E-state index < -0.39 is 41.4 Å². The van der Waals surface area contributed by atoms with Crippen LogP contribution >= 0.6 is 0 Å². The minimum Gasteiger partial charge on any atom is -0.444 e. The Bertz CT molecular complexity index is 1000. The molecule has 0 aliphatic carbocycles. The van der Waals surface area contributed by atoms with Gasteiger partial charge in [0, 0.05) is 12.2 Å². The average Bonchev–Trinajstić information content (AvgIpc) is 3.37. The Balaban J connectivity index is 1.76. The number of nitrogens with two attached hydrogens (primary N) is 1. The first-order chi connectivity index (χ1) is 17.2. The number of anilines is 1. The lowest BCUT2D eigenvalue weighted by Crippen LogP contribution is -2.55. The van der Waals surface area contributed by atoms with Crippen LogP contribution < -0.4 is 16.4 Å². The van der Waals surface area contributed by atoms with Gasteiger partial charge in [-0.2, -0.15) is 0 Å². The summed E-state index contributed by atoms with van der Waals surface area (Å²) < 4.78 is 11.0. The van der Waals surface area contributed by atoms with Gasteiger partial charge in [0.2, 0.25) is 11.8 Å². The van der Waals surface area contributed by atoms with Crippen molar-refractivity contribution in [2.24, 2.45) is 11.1 Å². The highest BCUT2D eigenvalue weighted by atomic mass is 16.6. The number of nitrogens with one attached hydrogen (secondary N) is 2. The quantitative estimate of drug-likeness (QED) is 0.544. The predicted octanol–water partition coefficient (Wildman–Crippen LogP) is 2.31. The molecule has 1 aromatic rings. The molecule has 11 nitrogen and oxygen atoms in total. The summed E-state index contributed by atoms with van der Waals surface area (Å²) in [4.78, 5) is 54.4. The monoisotopic (exact) mass is 517 g/mol. The standard InChI is InChI=1S/C26H39N5O6/c1-25(2,3)21(27)22(33)30-13-12-17-20(30)18(36-24(35)29-16-10-8-7-9-11-16)15-31(17)19(32)14-28-23(34)37-26(4,5)6/h7-11,17-18,20-21H,12-15,27H2,1-6H3,(H,28,34)(H,29,35)/t17-,18+,20+,21?/m1/s1. The SMILES string of the molecule is CC(C)(C)OC(=O)NCC(=O)N1C[C@H](OC(=O)Nc2ccccc2)[C@@H]2[C@H]1CCN2C(=O)C(N)C(C)(C)C. The molecule has 0 spiro atoms. The van der Waals surface area contributed by atoms with Gasteiger partial charge >= 0.3 is 12.2 Å². The average molecular weight is 518 g/mol. The molecule has 2 saturated heterocycles. The molecule has 1 aromatic carbocycles. The Morgan fingerprint density at radius 3 is 2.27 bits per heavy atom. The van der Waals surface area contributed by atoms with Crippen LogP contribution in [-0.2, 0) is 19.1 Å². The molecule has 0 aromatic heterocycles. The van der Waals surface area contributed by atoms with Crippen molar-refractivity contribution in [3.63, 3.8) is 0 Å². The van der Waals surface area contributed by atoms with Crippen molar-refractivity contribution in [2.45, 2.75) is 77.8 Å². The van der Waals surface area contributed by atoms with Crippen LogP contribution in [0.5, 0.6) is 0 Å². The molecule has 4 amide bonds. The maximum absolute atomic E-state index is 13.3. The molecule has 2 heterocycles. The summed E-state index contributed by atoms with van der Waals surface area (Å²) in [5, 5.41) is 5.16. The van der Waals surface area contributed by atoms with Gasteiger partial charge in [0.25, 0.3) is 0 Å². The normalized spacial score (nSPS) is 22.2. The number of alkyl carbamates (subject to hydrolysis) is 1. The maximum atomic E-state index is 13.3. The number of ether oxygens (including phenoxy) is 2. The molecule has 1 unspecified atom stereocenters. The number of rotatable bonds is 5. The molecule has 2 aliphatic heterocycles. The lowest BCUT2D eigenvalue weighted by molar-refractivity contribution is -0.137. The Morgan fingerprint density at radius 2 is 1.68 bits per heavy atom. The molecule has 0 radical (unpaired) electrons. The van der Waals surface area contributed by atoms with E-state index in [1.165, 1.54) is 0 Å². The summed E-state index contributed by atoms with van der Waals surface area (Å²) in [5.74, 6) is -0.608. The molecule has 37 heavy (non-hydrogen) atoms. The van der Waals surface area contributed by atoms with Crippen molar-refractivity contribution in [3.8, 4) is 0 Å². The molecular formula is C26H39N5O6. The van der Waals surface area contributed by atoms with Crippen molar-refractivity contribution in [1.29, 1.82) is 0 Å². The minimum atomic E-state index is -0.766. The highest BCUT2D eigenvalue weighted by Gasteiger charge is 2.54. The summed E-state index contributed by atoms with van der Waals surface area (Å²) >= 11 is 0. The van der Waals surface area contributed by atoms with E-state index in [0.717, 1.165) is 0 Å². The Morgan fingerprint density at radius 1 is 1.03 bits per heavy atom. The van der Waals surface area contributed by atoms with Crippen molar-refractivity contribution in [2.75, 3.05) is 25.0 Å². The Labute approximate surface area is 218 Å². The smallest absolute Gasteiger partial charge is 0.412 e. The first-order valence-corrected chi connectivity index (χ1v) is 12.5. The molecule has 204 valence electrons. The molecule has 4 atom stereocenters. The van der Waals surface area contributed by atoms with Crippen LogP contribution in [0.25, 0.3) is 0 Å². The number of likely N-dealkylation sites (tertiary alicyclic amines) is 2. The number of carbonyl (C=O) groups excluding carboxylic acids is 4. The van der Waals surface area contributed by atoms with Gasteiger partial charge < -0.3 is 30.3 Å². The summed E-state index contributed by atoms with van der Waals surface area (Å²) in [6, 6.07) is 7.16. The van der Waals surface area contributed by atoms with E-state index in [1.54, 1.807) is 54.8 Å². The number of carbonyl (C=O) groups is 4. The number of hydrogen-bond donors (Lipinski definition) is 3. The second kappa shape index (κ2) is 11.0. The summed E-state index contributed by atoms with van der Waals surface area (Å²) in [5.41, 5.74) is 5.67. The number of nitrogens with zero attached hydrogens (tertiary/aromatic N) is 2. The largest absolute Gasteiger partial charge is 0.444 e. The van der Waals surface area contributed by atoms with Crippen LogP contribution in [0.1, 0.15) is 48.0 Å². The first kappa shape index (κ1) is 28.2. The third kappa shape index (κ3) is 7.12. The zero-order valence-corrected chi connectivity index (χ0v) is 22.4. The van der Waals surface area contributed by atoms with Crippen molar-refractivity contribution in [3.05, 3.63) is 30.3 Å². The topological polar surface area (TPSA) is 143 Å². The van der Waals surface area contributed by atoms with Gasteiger partial charge in [0.15, 0.2) is 0 Å². The van der Waals surface area contributed by atoms with Gasteiger partial charge in [0.1, 0.15) is 18.2 Å². The summed E-state index contributed by atoms with van der Waals surface area (Å²) in [7, 11) is 0. The number of benzene rings is 1. The summed E-state index contributed by atoms with van der Waals surface area (Å²) in [6.07, 6.45) is -1.65. The molecule has 0 saturated carbocycles. The van der Waals surface area contributed by atoms with Crippen LogP contribution in [0.15, 0.2) is 30.3 Å². The van der Waals surface area contributed by atoms with E-state index in [2.05, 4.69) is 10.6 Å². The van der Waals surface area contributed by atoms with Crippen LogP contribution in [0.3, 0.4) is 0 Å². The van der Waals surface area contributed by atoms with Crippen LogP contribution in [0.2, 0.25) is 0 Å². The van der Waals surface area contributed by atoms with E-state index in [0.29, 0.717) is 18.7 Å². The second-order valence-corrected chi connectivity index (χ2v) is 11.6. The van der Waals surface area contributed by atoms with Gasteiger partial charge in [-0.15, -0.1) is 0 Å². The van der Waals surface area contributed by atoms with E-state index in [4.69, 9.17) is 15.2 Å². The molecule has 2 fully saturated rings. The van der Waals surface area contributed by atoms with Gasteiger partial charge in [0.05, 0.1) is 24.7 Å². The van der Waals surface area contributed by atoms with Gasteiger partial charge in [-0.3, -0.25) is 14.9 Å². The Kier molecular flexibility index (Phi) is 8.36. The number of para-hydroxylation sites is 1. The zero-order chi connectivity index (χ0) is 27.5. The lowest BCUT2D eigenvalue weighted by atomic mass is 9.86. The molecular weight excluding hydrogens is 478 g/mol. The van der Waals surface area contributed by atoms with Gasteiger partial charge in [-0.1, -0.05) is 39.0 Å². The molecule has 0 bridgehead atoms. The molecule has 2 aliphatic rings. The lowest BCUT2D eigenvalue weighted by Gasteiger charge is -2.34. The Hall–Kier alpha value is -3.34. The predicted molar refractivity (Wildman–Crippen MR) is 138 cm³/mol. The van der Waals surface area contributed by atoms with Gasteiger partial charge in [-0.25, -0.2) is 9.59 Å². The highest BCUT2D eigenvalue weighted by molar-refractivity contribution is 5.87. The fourth-order valence-corrected chi connectivity index (χ4v) is 4.59. The number of hydrogen-bond acceptors (Lipinski definition) is 7. The highest BCUT2D eigenvalue weighted by Crippen LogP contribution is 2.35. The van der Waals surface area contributed by atoms with Crippen molar-refractivity contribution < 1.29 is 28.7 Å². The number of fused-ring (bicyclic) bond motifs is 1. The molecule has 3 rings (SSSR count). The van der Waals surface area contributed by atoms with Crippen LogP contribution in [0, 0.1) is 5.41 Å².